The fourth-order valence-corrected chi connectivity index (χ4v) is 11.8. The molecule has 89 heavy (non-hydrogen) atoms. The van der Waals surface area contributed by atoms with Gasteiger partial charge in [0.1, 0.15) is 49.2 Å². The maximum atomic E-state index is 15.6. The van der Waals surface area contributed by atoms with Crippen molar-refractivity contribution < 1.29 is 94.6 Å². The number of hydrogen-bond donors (Lipinski definition) is 9. The number of thioether (sulfide) groups is 2. The maximum absolute atomic E-state index is 15.6. The van der Waals surface area contributed by atoms with Crippen LogP contribution in [0.3, 0.4) is 0 Å². The highest BCUT2D eigenvalue weighted by molar-refractivity contribution is 8.04. The zero-order valence-electron chi connectivity index (χ0n) is 50.9. The van der Waals surface area contributed by atoms with Crippen LogP contribution in [0, 0.1) is 0 Å². The Bertz CT molecular complexity index is 2720. The lowest BCUT2D eigenvalue weighted by atomic mass is 9.98. The van der Waals surface area contributed by atoms with Crippen molar-refractivity contribution in [3.8, 4) is 0 Å². The van der Waals surface area contributed by atoms with Gasteiger partial charge in [0, 0.05) is 80.0 Å². The zero-order chi connectivity index (χ0) is 66.3. The molecule has 35 heteroatoms. The summed E-state index contributed by atoms with van der Waals surface area (Å²) in [5.74, 6) is -8.91. The van der Waals surface area contributed by atoms with E-state index in [0.29, 0.717) is 5.75 Å². The number of amidine groups is 1. The number of anilines is 1. The van der Waals surface area contributed by atoms with Crippen molar-refractivity contribution >= 4 is 89.1 Å². The number of aliphatic hydroxyl groups excluding tert-OH is 1. The van der Waals surface area contributed by atoms with Gasteiger partial charge in [-0.25, -0.2) is 27.6 Å². The van der Waals surface area contributed by atoms with Crippen LogP contribution in [0.5, 0.6) is 0 Å². The second-order valence-electron chi connectivity index (χ2n) is 22.7. The number of aliphatic imine (C=N–C) groups is 1. The lowest BCUT2D eigenvalue weighted by molar-refractivity contribution is -0.163. The third kappa shape index (κ3) is 25.6. The van der Waals surface area contributed by atoms with Crippen LogP contribution in [0.25, 0.3) is 0 Å². The van der Waals surface area contributed by atoms with Crippen molar-refractivity contribution in [1.82, 2.24) is 46.4 Å². The number of likely N-dealkylation sites (N-methyl/N-ethyl adjacent to an activating group) is 1. The lowest BCUT2D eigenvalue weighted by Gasteiger charge is -2.37. The average Bonchev–Trinajstić information content (AvgIpc) is 1.66. The number of rotatable bonds is 37. The smallest absolute Gasteiger partial charge is 0.351 e. The van der Waals surface area contributed by atoms with Crippen molar-refractivity contribution in [3.05, 3.63) is 35.0 Å². The van der Waals surface area contributed by atoms with Crippen molar-refractivity contribution in [2.24, 2.45) is 10.7 Å². The minimum absolute atomic E-state index is 0.0114. The lowest BCUT2D eigenvalue weighted by Crippen LogP contribution is -2.53. The standard InChI is InChI=1S/C54H83F3N12O18S2/c1-51(2,3)67-33(47(79)63-18-13-42(74)83-25-43(75)81-23-31-21-54(56,57)49(86-31)68(8)19-14-37(58)64-29-70)28-89-36-10-9-35(36)88-27-32(65-39(71)11-16-52(4,5)85-30-61-22-40(72)60-7)46(78)62-17-12-41(73)84-26-44(76)82-24-34-45(77)53(6,55)48(87-34)69-20-15-38(59)66-50(69)80/h14-15,19-20,29,31-36,45,48-49,61,67,77H,9-13,16-18,21-28,30H2,1-8H3,(H,60,72)(H,62,78)(H,63,79)(H,65,71)(H2,58,64,70)(H2,59,66,80)/b19-14-/t31?,32?,33?,34-,35?,36?,45-,48?,49?,53-/m0/s1. The van der Waals surface area contributed by atoms with Crippen LogP contribution in [0.15, 0.2) is 34.3 Å². The summed E-state index contributed by atoms with van der Waals surface area (Å²) in [6.07, 6.45) is -4.05. The number of hydrogen-bond acceptors (Lipinski definition) is 25. The van der Waals surface area contributed by atoms with E-state index >= 15 is 4.39 Å². The Morgan fingerprint density at radius 3 is 2.03 bits per heavy atom. The van der Waals surface area contributed by atoms with Crippen molar-refractivity contribution in [1.29, 1.82) is 0 Å². The Morgan fingerprint density at radius 1 is 0.888 bits per heavy atom. The molecule has 10 atom stereocenters. The monoisotopic (exact) mass is 1310 g/mol. The Labute approximate surface area is 520 Å². The van der Waals surface area contributed by atoms with Crippen LogP contribution in [-0.4, -0.2) is 228 Å². The molecule has 3 aliphatic rings. The fraction of sp³-hybridized carbons (Fsp3) is 0.704. The van der Waals surface area contributed by atoms with Crippen LogP contribution in [0.1, 0.15) is 92.7 Å². The number of carbonyl (C=O) groups excluding carboxylic acids is 9. The highest BCUT2D eigenvalue weighted by Gasteiger charge is 2.56. The van der Waals surface area contributed by atoms with Crippen molar-refractivity contribution in [2.75, 3.05) is 84.1 Å². The summed E-state index contributed by atoms with van der Waals surface area (Å²) in [4.78, 5) is 133. The number of carbonyl (C=O) groups is 9. The van der Waals surface area contributed by atoms with E-state index in [4.69, 9.17) is 44.6 Å². The first-order valence-corrected chi connectivity index (χ1v) is 30.4. The molecule has 500 valence electrons. The number of nitrogens with one attached hydrogen (secondary N) is 6. The van der Waals surface area contributed by atoms with Crippen LogP contribution >= 0.6 is 23.5 Å². The van der Waals surface area contributed by atoms with Gasteiger partial charge < -0.3 is 81.2 Å². The van der Waals surface area contributed by atoms with Gasteiger partial charge in [-0.1, -0.05) is 0 Å². The Balaban J connectivity index is 1.24. The molecule has 1 aromatic rings. The number of ether oxygens (including phenoxy) is 7. The molecule has 0 aromatic carbocycles. The van der Waals surface area contributed by atoms with E-state index in [2.05, 4.69) is 41.9 Å². The third-order valence-electron chi connectivity index (χ3n) is 13.6. The van der Waals surface area contributed by atoms with E-state index in [1.807, 2.05) is 20.8 Å². The van der Waals surface area contributed by atoms with Crippen LogP contribution in [-0.2, 0) is 76.3 Å². The largest absolute Gasteiger partial charge is 0.460 e. The quantitative estimate of drug-likeness (QED) is 0.00720. The van der Waals surface area contributed by atoms with Gasteiger partial charge in [0.2, 0.25) is 30.0 Å². The molecule has 2 aliphatic heterocycles. The minimum Gasteiger partial charge on any atom is -0.460 e. The number of nitrogens with two attached hydrogens (primary N) is 2. The molecule has 1 aliphatic carbocycles. The highest BCUT2D eigenvalue weighted by atomic mass is 32.2. The zero-order valence-corrected chi connectivity index (χ0v) is 52.5. The SMILES string of the molecule is CNC(=O)CNCOC(C)(C)CCC(=O)NC(CSC1CCC1SCC(NC(C)(C)C)C(=O)NCCC(=O)OCC(=O)OCC1CC(F)(F)C(N(C)/C=C\C(N)=NC=O)O1)C(=O)NCCC(=O)OCC(=O)OC[C@@H]1OC(n2ccc(N)nc2=O)[C@@](C)(F)[C@H]1O. The molecule has 0 spiro atoms. The van der Waals surface area contributed by atoms with E-state index in [0.717, 1.165) is 47.7 Å². The molecule has 0 bridgehead atoms. The van der Waals surface area contributed by atoms with Gasteiger partial charge in [-0.2, -0.15) is 33.5 Å². The second-order valence-corrected chi connectivity index (χ2v) is 25.2. The Kier molecular flexibility index (Phi) is 29.5. The van der Waals surface area contributed by atoms with E-state index in [9.17, 15) is 61.8 Å². The predicted molar refractivity (Wildman–Crippen MR) is 316 cm³/mol. The van der Waals surface area contributed by atoms with Gasteiger partial charge in [-0.05, 0) is 72.9 Å². The molecule has 5 amide bonds. The normalized spacial score (nSPS) is 23.1. The topological polar surface area (TPSA) is 413 Å². The number of alkyl halides is 3. The van der Waals surface area contributed by atoms with Gasteiger partial charge in [-0.3, -0.25) is 43.4 Å². The Morgan fingerprint density at radius 2 is 1.47 bits per heavy atom. The van der Waals surface area contributed by atoms with Gasteiger partial charge in [0.05, 0.1) is 37.8 Å². The van der Waals surface area contributed by atoms with Crippen LogP contribution in [0.2, 0.25) is 0 Å². The summed E-state index contributed by atoms with van der Waals surface area (Å²) in [5.41, 5.74) is 6.18. The molecular weight excluding hydrogens is 1230 g/mol. The molecule has 0 radical (unpaired) electrons. The third-order valence-corrected chi connectivity index (χ3v) is 16.8. The summed E-state index contributed by atoms with van der Waals surface area (Å²) in [6.45, 7) is 6.81. The molecule has 1 aromatic heterocycles. The van der Waals surface area contributed by atoms with Gasteiger partial charge in [-0.15, -0.1) is 0 Å². The van der Waals surface area contributed by atoms with Gasteiger partial charge in [0.15, 0.2) is 31.3 Å². The molecule has 2 saturated heterocycles. The summed E-state index contributed by atoms with van der Waals surface area (Å²) >= 11 is 2.96. The van der Waals surface area contributed by atoms with E-state index in [1.165, 1.54) is 43.7 Å². The molecular formula is C54H83F3N12O18S2. The number of amides is 5. The number of aromatic nitrogens is 2. The molecule has 3 fully saturated rings. The number of aliphatic hydroxyl groups is 1. The molecule has 1 saturated carbocycles. The summed E-state index contributed by atoms with van der Waals surface area (Å²) in [6, 6.07) is -0.598. The van der Waals surface area contributed by atoms with Gasteiger partial charge >= 0.3 is 29.6 Å². The summed E-state index contributed by atoms with van der Waals surface area (Å²) < 4.78 is 82.5. The van der Waals surface area contributed by atoms with Crippen molar-refractivity contribution in [3.63, 3.8) is 0 Å². The number of halogens is 3. The van der Waals surface area contributed by atoms with E-state index in [-0.39, 0.29) is 85.9 Å². The molecule has 7 unspecified atom stereocenters. The fourth-order valence-electron chi connectivity index (χ4n) is 8.65. The first-order valence-electron chi connectivity index (χ1n) is 28.3. The molecule has 3 heterocycles. The average molecular weight is 1310 g/mol. The number of nitrogens with zero attached hydrogens (tertiary/aromatic N) is 4. The predicted octanol–water partition coefficient (Wildman–Crippen LogP) is -1.19. The maximum Gasteiger partial charge on any atom is 0.351 e. The first kappa shape index (κ1) is 74.8. The van der Waals surface area contributed by atoms with E-state index < -0.39 is 152 Å². The first-order chi connectivity index (χ1) is 41.7. The highest BCUT2D eigenvalue weighted by Crippen LogP contribution is 2.42. The van der Waals surface area contributed by atoms with Crippen LogP contribution in [0.4, 0.5) is 19.0 Å². The number of nitrogen functional groups attached to an aromatic ring is 1. The van der Waals surface area contributed by atoms with Crippen LogP contribution < -0.4 is 49.1 Å². The summed E-state index contributed by atoms with van der Waals surface area (Å²) in [7, 11) is 2.79. The summed E-state index contributed by atoms with van der Waals surface area (Å²) in [5, 5.41) is 27.3. The van der Waals surface area contributed by atoms with Gasteiger partial charge in [0.25, 0.3) is 5.92 Å². The van der Waals surface area contributed by atoms with Crippen molar-refractivity contribution in [2.45, 2.75) is 163 Å². The second kappa shape index (κ2) is 35.1. The minimum atomic E-state index is -3.35. The molecule has 30 nitrogen and oxygen atoms in total. The molecule has 4 rings (SSSR count). The number of esters is 4. The van der Waals surface area contributed by atoms with E-state index in [1.54, 1.807) is 13.8 Å². The molecule has 11 N–H and O–H groups in total. The Hall–Kier alpha value is -6.63.